The number of carbonyl (C=O) groups is 1. The number of hydrogen-bond acceptors (Lipinski definition) is 2. The Balaban J connectivity index is 1.88. The molecule has 2 rings (SSSR count). The molecule has 0 aromatic heterocycles. The zero-order chi connectivity index (χ0) is 12.6. The normalized spacial score (nSPS) is 34.5. The zero-order valence-corrected chi connectivity index (χ0v) is 9.68. The first-order chi connectivity index (χ1) is 7.88. The predicted molar refractivity (Wildman–Crippen MR) is 56.3 cm³/mol. The van der Waals surface area contributed by atoms with E-state index in [2.05, 4.69) is 17.6 Å². The highest BCUT2D eigenvalue weighted by Gasteiger charge is 2.43. The smallest absolute Gasteiger partial charge is 0.344 e. The molecular weight excluding hydrogens is 233 g/mol. The molecule has 6 heteroatoms. The lowest BCUT2D eigenvalue weighted by molar-refractivity contribution is -0.174. The molecule has 1 saturated heterocycles. The summed E-state index contributed by atoms with van der Waals surface area (Å²) in [4.78, 5) is 10.8. The fourth-order valence-corrected chi connectivity index (χ4v) is 2.60. The molecule has 1 aliphatic carbocycles. The van der Waals surface area contributed by atoms with Gasteiger partial charge in [-0.1, -0.05) is 0 Å². The van der Waals surface area contributed by atoms with Crippen LogP contribution in [0.5, 0.6) is 0 Å². The maximum atomic E-state index is 12.1. The van der Waals surface area contributed by atoms with E-state index in [0.717, 1.165) is 12.8 Å². The minimum Gasteiger partial charge on any atom is -0.344 e. The summed E-state index contributed by atoms with van der Waals surface area (Å²) in [5.41, 5.74) is 0. The summed E-state index contributed by atoms with van der Waals surface area (Å²) in [6.45, 7) is 2.48. The molecule has 3 unspecified atom stereocenters. The van der Waals surface area contributed by atoms with Gasteiger partial charge in [0, 0.05) is 18.6 Å². The number of amides is 1. The molecule has 1 heterocycles. The van der Waals surface area contributed by atoms with Gasteiger partial charge in [-0.25, -0.2) is 0 Å². The fraction of sp³-hybridized carbons (Fsp3) is 0.909. The van der Waals surface area contributed by atoms with E-state index in [1.54, 1.807) is 0 Å². The van der Waals surface area contributed by atoms with Crippen molar-refractivity contribution in [3.8, 4) is 0 Å². The Labute approximate surface area is 98.1 Å². The van der Waals surface area contributed by atoms with Gasteiger partial charge in [0.15, 0.2) is 0 Å². The third-order valence-corrected chi connectivity index (χ3v) is 3.71. The second-order valence-corrected chi connectivity index (χ2v) is 5.10. The number of alkyl halides is 3. The number of piperidine rings is 1. The Bertz CT molecular complexity index is 302. The van der Waals surface area contributed by atoms with E-state index in [1.807, 2.05) is 0 Å². The predicted octanol–water partition coefficient (Wildman–Crippen LogP) is 1.44. The molecule has 2 aliphatic rings. The third-order valence-electron chi connectivity index (χ3n) is 3.71. The molecule has 2 N–H and O–H groups in total. The number of halogens is 3. The van der Waals surface area contributed by atoms with Crippen LogP contribution in [-0.2, 0) is 4.79 Å². The highest BCUT2D eigenvalue weighted by molar-refractivity contribution is 5.81. The molecule has 2 fully saturated rings. The average Bonchev–Trinajstić information content (AvgIpc) is 3.03. The standard InChI is InChI=1S/C11H17F3N2O/c1-6-9(7-2-3-7)4-8(5-15-6)16-10(17)11(12,13)14/h6-9,15H,2-5H2,1H3,(H,16,17). The fourth-order valence-electron chi connectivity index (χ4n) is 2.60. The average molecular weight is 250 g/mol. The van der Waals surface area contributed by atoms with Crippen molar-refractivity contribution in [3.05, 3.63) is 0 Å². The van der Waals surface area contributed by atoms with Crippen molar-refractivity contribution in [2.45, 2.75) is 44.4 Å². The Kier molecular flexibility index (Phi) is 3.34. The molecule has 0 aromatic rings. The first kappa shape index (κ1) is 12.7. The Morgan fingerprint density at radius 1 is 1.35 bits per heavy atom. The van der Waals surface area contributed by atoms with Crippen LogP contribution in [0.1, 0.15) is 26.2 Å². The van der Waals surface area contributed by atoms with Crippen molar-refractivity contribution in [1.29, 1.82) is 0 Å². The molecule has 0 radical (unpaired) electrons. The van der Waals surface area contributed by atoms with Gasteiger partial charge in [-0.2, -0.15) is 13.2 Å². The Hall–Kier alpha value is -0.780. The van der Waals surface area contributed by atoms with Gasteiger partial charge in [0.2, 0.25) is 0 Å². The molecule has 1 aliphatic heterocycles. The van der Waals surface area contributed by atoms with E-state index in [9.17, 15) is 18.0 Å². The lowest BCUT2D eigenvalue weighted by Crippen LogP contribution is -2.55. The van der Waals surface area contributed by atoms with E-state index >= 15 is 0 Å². The van der Waals surface area contributed by atoms with Crippen LogP contribution >= 0.6 is 0 Å². The first-order valence-electron chi connectivity index (χ1n) is 5.99. The summed E-state index contributed by atoms with van der Waals surface area (Å²) >= 11 is 0. The number of nitrogens with one attached hydrogen (secondary N) is 2. The molecule has 0 spiro atoms. The van der Waals surface area contributed by atoms with E-state index < -0.39 is 18.1 Å². The van der Waals surface area contributed by atoms with Crippen LogP contribution in [0.15, 0.2) is 0 Å². The van der Waals surface area contributed by atoms with E-state index in [-0.39, 0.29) is 0 Å². The van der Waals surface area contributed by atoms with Crippen LogP contribution in [0.25, 0.3) is 0 Å². The molecule has 1 saturated carbocycles. The molecule has 3 nitrogen and oxygen atoms in total. The second kappa shape index (κ2) is 4.48. The highest BCUT2D eigenvalue weighted by Crippen LogP contribution is 2.41. The van der Waals surface area contributed by atoms with Crippen LogP contribution in [0.2, 0.25) is 0 Å². The summed E-state index contributed by atoms with van der Waals surface area (Å²) in [5.74, 6) is -0.807. The van der Waals surface area contributed by atoms with Gasteiger partial charge in [0.25, 0.3) is 0 Å². The summed E-state index contributed by atoms with van der Waals surface area (Å²) in [5, 5.41) is 5.24. The number of carbonyl (C=O) groups excluding carboxylic acids is 1. The summed E-state index contributed by atoms with van der Waals surface area (Å²) in [7, 11) is 0. The minimum atomic E-state index is -4.78. The largest absolute Gasteiger partial charge is 0.471 e. The van der Waals surface area contributed by atoms with Gasteiger partial charge in [0.05, 0.1) is 0 Å². The van der Waals surface area contributed by atoms with Crippen molar-refractivity contribution in [2.75, 3.05) is 6.54 Å². The quantitative estimate of drug-likeness (QED) is 0.778. The van der Waals surface area contributed by atoms with E-state index in [1.165, 1.54) is 0 Å². The van der Waals surface area contributed by atoms with E-state index in [0.29, 0.717) is 30.8 Å². The topological polar surface area (TPSA) is 41.1 Å². The van der Waals surface area contributed by atoms with Crippen molar-refractivity contribution in [1.82, 2.24) is 10.6 Å². The molecule has 98 valence electrons. The van der Waals surface area contributed by atoms with Gasteiger partial charge < -0.3 is 10.6 Å². The number of rotatable bonds is 2. The van der Waals surface area contributed by atoms with Crippen LogP contribution in [-0.4, -0.2) is 30.7 Å². The van der Waals surface area contributed by atoms with Crippen molar-refractivity contribution in [3.63, 3.8) is 0 Å². The molecule has 1 amide bonds. The number of hydrogen-bond donors (Lipinski definition) is 2. The lowest BCUT2D eigenvalue weighted by atomic mass is 9.85. The Morgan fingerprint density at radius 2 is 2.00 bits per heavy atom. The van der Waals surface area contributed by atoms with Gasteiger partial charge in [-0.05, 0) is 38.0 Å². The lowest BCUT2D eigenvalue weighted by Gasteiger charge is -2.36. The van der Waals surface area contributed by atoms with Gasteiger partial charge in [0.1, 0.15) is 0 Å². The van der Waals surface area contributed by atoms with Gasteiger partial charge >= 0.3 is 12.1 Å². The second-order valence-electron chi connectivity index (χ2n) is 5.10. The monoisotopic (exact) mass is 250 g/mol. The molecular formula is C11H17F3N2O. The maximum Gasteiger partial charge on any atom is 0.471 e. The molecule has 3 atom stereocenters. The third kappa shape index (κ3) is 3.12. The Morgan fingerprint density at radius 3 is 2.53 bits per heavy atom. The summed E-state index contributed by atoms with van der Waals surface area (Å²) in [6, 6.07) is -0.0625. The molecule has 17 heavy (non-hydrogen) atoms. The molecule has 0 bridgehead atoms. The van der Waals surface area contributed by atoms with Gasteiger partial charge in [-0.15, -0.1) is 0 Å². The van der Waals surface area contributed by atoms with Crippen molar-refractivity contribution < 1.29 is 18.0 Å². The van der Waals surface area contributed by atoms with Crippen LogP contribution in [0, 0.1) is 11.8 Å². The van der Waals surface area contributed by atoms with Crippen LogP contribution in [0.4, 0.5) is 13.2 Å². The van der Waals surface area contributed by atoms with Crippen molar-refractivity contribution >= 4 is 5.91 Å². The zero-order valence-electron chi connectivity index (χ0n) is 9.68. The highest BCUT2D eigenvalue weighted by atomic mass is 19.4. The minimum absolute atomic E-state index is 0.335. The van der Waals surface area contributed by atoms with Crippen LogP contribution in [0.3, 0.4) is 0 Å². The summed E-state index contributed by atoms with van der Waals surface area (Å²) < 4.78 is 36.3. The first-order valence-corrected chi connectivity index (χ1v) is 5.99. The van der Waals surface area contributed by atoms with Crippen LogP contribution < -0.4 is 10.6 Å². The maximum absolute atomic E-state index is 12.1. The SMILES string of the molecule is CC1NCC(NC(=O)C(F)(F)F)CC1C1CC1. The van der Waals surface area contributed by atoms with Crippen molar-refractivity contribution in [2.24, 2.45) is 11.8 Å². The van der Waals surface area contributed by atoms with Gasteiger partial charge in [-0.3, -0.25) is 4.79 Å². The van der Waals surface area contributed by atoms with E-state index in [4.69, 9.17) is 0 Å². The molecule has 0 aromatic carbocycles. The summed E-state index contributed by atoms with van der Waals surface area (Å²) in [6.07, 6.45) is -1.80.